The minimum atomic E-state index is -0.124. The third kappa shape index (κ3) is 3.10. The third-order valence-electron chi connectivity index (χ3n) is 5.00. The Morgan fingerprint density at radius 2 is 1.56 bits per heavy atom. The molecule has 1 heterocycles. The van der Waals surface area contributed by atoms with E-state index in [1.54, 1.807) is 0 Å². The summed E-state index contributed by atoms with van der Waals surface area (Å²) >= 11 is 0. The molecule has 4 rings (SSSR count). The summed E-state index contributed by atoms with van der Waals surface area (Å²) in [5, 5.41) is 6.11. The van der Waals surface area contributed by atoms with Crippen LogP contribution in [0.2, 0.25) is 0 Å². The second-order valence-electron chi connectivity index (χ2n) is 6.92. The Kier molecular flexibility index (Phi) is 3.92. The number of allylic oxidation sites excluding steroid dienone is 1. The zero-order chi connectivity index (χ0) is 17.4. The van der Waals surface area contributed by atoms with Crippen LogP contribution in [-0.4, -0.2) is 6.03 Å². The van der Waals surface area contributed by atoms with Crippen molar-refractivity contribution in [2.45, 2.75) is 32.7 Å². The molecular weight excluding hydrogens is 308 g/mol. The van der Waals surface area contributed by atoms with Gasteiger partial charge >= 0.3 is 6.03 Å². The Hall–Kier alpha value is -2.81. The molecule has 25 heavy (non-hydrogen) atoms. The van der Waals surface area contributed by atoms with Crippen molar-refractivity contribution in [1.82, 2.24) is 10.6 Å². The molecule has 0 bridgehead atoms. The summed E-state index contributed by atoms with van der Waals surface area (Å²) in [4.78, 5) is 12.2. The SMILES string of the molecule is Cc1ccc(/C=C2\CCC3=C2NC(=O)NC3c2ccc(C)cc2)cc1. The van der Waals surface area contributed by atoms with Gasteiger partial charge in [-0.05, 0) is 55.0 Å². The van der Waals surface area contributed by atoms with Crippen LogP contribution in [0.15, 0.2) is 65.4 Å². The molecule has 2 aromatic rings. The quantitative estimate of drug-likeness (QED) is 0.817. The molecule has 3 heteroatoms. The number of rotatable bonds is 2. The lowest BCUT2D eigenvalue weighted by Gasteiger charge is -2.27. The molecular formula is C22H22N2O. The van der Waals surface area contributed by atoms with Gasteiger partial charge in [-0.3, -0.25) is 0 Å². The summed E-state index contributed by atoms with van der Waals surface area (Å²) in [7, 11) is 0. The highest BCUT2D eigenvalue weighted by Crippen LogP contribution is 2.40. The standard InChI is InChI=1S/C22H22N2O/c1-14-3-7-16(8-4-14)13-18-11-12-19-20(23-22(25)24-21(18)19)17-9-5-15(2)6-10-17/h3-10,13,20H,11-12H2,1-2H3,(H2,23,24,25)/b18-13+. The molecule has 1 unspecified atom stereocenters. The third-order valence-corrected chi connectivity index (χ3v) is 5.00. The highest BCUT2D eigenvalue weighted by atomic mass is 16.2. The first-order valence-corrected chi connectivity index (χ1v) is 8.75. The summed E-state index contributed by atoms with van der Waals surface area (Å²) in [5.41, 5.74) is 8.30. The van der Waals surface area contributed by atoms with Crippen molar-refractivity contribution in [3.05, 3.63) is 87.6 Å². The first-order chi connectivity index (χ1) is 12.1. The Morgan fingerprint density at radius 1 is 0.920 bits per heavy atom. The highest BCUT2D eigenvalue weighted by Gasteiger charge is 2.33. The summed E-state index contributed by atoms with van der Waals surface area (Å²) < 4.78 is 0. The molecule has 0 fully saturated rings. The second-order valence-corrected chi connectivity index (χ2v) is 6.92. The van der Waals surface area contributed by atoms with Crippen LogP contribution in [0, 0.1) is 13.8 Å². The van der Waals surface area contributed by atoms with E-state index < -0.39 is 0 Å². The maximum absolute atomic E-state index is 12.2. The summed E-state index contributed by atoms with van der Waals surface area (Å²) in [6, 6.07) is 16.7. The molecule has 2 amide bonds. The molecule has 2 N–H and O–H groups in total. The number of benzene rings is 2. The monoisotopic (exact) mass is 330 g/mol. The van der Waals surface area contributed by atoms with Crippen molar-refractivity contribution in [2.24, 2.45) is 0 Å². The van der Waals surface area contributed by atoms with Crippen molar-refractivity contribution >= 4 is 12.1 Å². The maximum atomic E-state index is 12.2. The predicted octanol–water partition coefficient (Wildman–Crippen LogP) is 4.79. The van der Waals surface area contributed by atoms with E-state index in [0.717, 1.165) is 24.1 Å². The summed E-state index contributed by atoms with van der Waals surface area (Å²) in [6.07, 6.45) is 4.13. The Morgan fingerprint density at radius 3 is 2.24 bits per heavy atom. The first kappa shape index (κ1) is 15.7. The predicted molar refractivity (Wildman–Crippen MR) is 101 cm³/mol. The van der Waals surface area contributed by atoms with Gasteiger partial charge in [-0.1, -0.05) is 59.7 Å². The normalized spacial score (nSPS) is 21.1. The van der Waals surface area contributed by atoms with Crippen LogP contribution in [0.25, 0.3) is 6.08 Å². The molecule has 2 aliphatic rings. The second kappa shape index (κ2) is 6.25. The lowest BCUT2D eigenvalue weighted by molar-refractivity contribution is 0.239. The number of nitrogens with one attached hydrogen (secondary N) is 2. The average Bonchev–Trinajstić information content (AvgIpc) is 3.00. The number of carbonyl (C=O) groups is 1. The number of hydrogen-bond acceptors (Lipinski definition) is 1. The molecule has 0 saturated carbocycles. The largest absolute Gasteiger partial charge is 0.327 e. The first-order valence-electron chi connectivity index (χ1n) is 8.75. The fraction of sp³-hybridized carbons (Fsp3) is 0.227. The van der Waals surface area contributed by atoms with Gasteiger partial charge in [0.25, 0.3) is 0 Å². The molecule has 0 radical (unpaired) electrons. The number of amides is 2. The van der Waals surface area contributed by atoms with Gasteiger partial charge in [0.05, 0.1) is 6.04 Å². The van der Waals surface area contributed by atoms with E-state index in [1.165, 1.54) is 27.8 Å². The lowest BCUT2D eigenvalue weighted by Crippen LogP contribution is -2.43. The van der Waals surface area contributed by atoms with Crippen LogP contribution >= 0.6 is 0 Å². The van der Waals surface area contributed by atoms with Crippen molar-refractivity contribution in [1.29, 1.82) is 0 Å². The summed E-state index contributed by atoms with van der Waals surface area (Å²) in [6.45, 7) is 4.17. The van der Waals surface area contributed by atoms with Crippen LogP contribution in [-0.2, 0) is 0 Å². The van der Waals surface area contributed by atoms with Gasteiger partial charge in [-0.25, -0.2) is 4.79 Å². The van der Waals surface area contributed by atoms with E-state index in [2.05, 4.69) is 79.1 Å². The van der Waals surface area contributed by atoms with E-state index in [0.29, 0.717) is 0 Å². The van der Waals surface area contributed by atoms with Gasteiger partial charge in [0.15, 0.2) is 0 Å². The zero-order valence-corrected chi connectivity index (χ0v) is 14.6. The van der Waals surface area contributed by atoms with Crippen LogP contribution in [0.3, 0.4) is 0 Å². The molecule has 0 spiro atoms. The van der Waals surface area contributed by atoms with Gasteiger partial charge in [0.1, 0.15) is 0 Å². The number of carbonyl (C=O) groups excluding carboxylic acids is 1. The summed E-state index contributed by atoms with van der Waals surface area (Å²) in [5.74, 6) is 0. The van der Waals surface area contributed by atoms with Crippen LogP contribution in [0.5, 0.6) is 0 Å². The van der Waals surface area contributed by atoms with Gasteiger partial charge in [0.2, 0.25) is 0 Å². The fourth-order valence-corrected chi connectivity index (χ4v) is 3.59. The number of hydrogen-bond donors (Lipinski definition) is 2. The van der Waals surface area contributed by atoms with Crippen LogP contribution in [0.1, 0.15) is 41.1 Å². The smallest absolute Gasteiger partial charge is 0.319 e. The van der Waals surface area contributed by atoms with Crippen LogP contribution in [0.4, 0.5) is 4.79 Å². The molecule has 1 aliphatic carbocycles. The number of urea groups is 1. The van der Waals surface area contributed by atoms with Crippen LogP contribution < -0.4 is 10.6 Å². The molecule has 2 aromatic carbocycles. The molecule has 0 aromatic heterocycles. The molecule has 126 valence electrons. The lowest BCUT2D eigenvalue weighted by atomic mass is 9.95. The number of aryl methyl sites for hydroxylation is 2. The topological polar surface area (TPSA) is 41.1 Å². The van der Waals surface area contributed by atoms with Crippen molar-refractivity contribution in [3.63, 3.8) is 0 Å². The van der Waals surface area contributed by atoms with Gasteiger partial charge < -0.3 is 10.6 Å². The molecule has 3 nitrogen and oxygen atoms in total. The van der Waals surface area contributed by atoms with E-state index in [-0.39, 0.29) is 12.1 Å². The minimum Gasteiger partial charge on any atom is -0.327 e. The van der Waals surface area contributed by atoms with Crippen molar-refractivity contribution in [2.75, 3.05) is 0 Å². The molecule has 1 aliphatic heterocycles. The van der Waals surface area contributed by atoms with E-state index >= 15 is 0 Å². The Bertz CT molecular complexity index is 873. The van der Waals surface area contributed by atoms with Gasteiger partial charge in [-0.2, -0.15) is 0 Å². The Labute approximate surface area is 148 Å². The minimum absolute atomic E-state index is 0.0340. The zero-order valence-electron chi connectivity index (χ0n) is 14.6. The Balaban J connectivity index is 1.71. The van der Waals surface area contributed by atoms with Crippen molar-refractivity contribution in [3.8, 4) is 0 Å². The highest BCUT2D eigenvalue weighted by molar-refractivity contribution is 5.82. The molecule has 0 saturated heterocycles. The maximum Gasteiger partial charge on any atom is 0.319 e. The average molecular weight is 330 g/mol. The fourth-order valence-electron chi connectivity index (χ4n) is 3.59. The van der Waals surface area contributed by atoms with Gasteiger partial charge in [0, 0.05) is 5.70 Å². The molecule has 1 atom stereocenters. The van der Waals surface area contributed by atoms with E-state index in [4.69, 9.17) is 0 Å². The van der Waals surface area contributed by atoms with E-state index in [9.17, 15) is 4.79 Å². The van der Waals surface area contributed by atoms with Gasteiger partial charge in [-0.15, -0.1) is 0 Å². The van der Waals surface area contributed by atoms with Crippen molar-refractivity contribution < 1.29 is 4.79 Å². The van der Waals surface area contributed by atoms with E-state index in [1.807, 2.05) is 0 Å².